The number of hydrogen-bond acceptors (Lipinski definition) is 2. The molecule has 0 unspecified atom stereocenters. The van der Waals surface area contributed by atoms with Gasteiger partial charge in [0, 0.05) is 26.8 Å². The van der Waals surface area contributed by atoms with Crippen molar-refractivity contribution in [1.82, 2.24) is 4.90 Å². The van der Waals surface area contributed by atoms with Crippen LogP contribution < -0.4 is 0 Å². The van der Waals surface area contributed by atoms with Gasteiger partial charge < -0.3 is 9.64 Å². The Hall–Kier alpha value is -1.06. The third kappa shape index (κ3) is 3.24. The average Bonchev–Trinajstić information content (AvgIpc) is 2.39. The van der Waals surface area contributed by atoms with Crippen LogP contribution in [0, 0.1) is 5.92 Å². The van der Waals surface area contributed by atoms with Crippen molar-refractivity contribution in [1.29, 1.82) is 0 Å². The van der Waals surface area contributed by atoms with Crippen molar-refractivity contribution in [3.8, 4) is 0 Å². The van der Waals surface area contributed by atoms with Gasteiger partial charge in [-0.2, -0.15) is 0 Å². The summed E-state index contributed by atoms with van der Waals surface area (Å²) in [5.41, 5.74) is 0.578. The molecule has 98 valence electrons. The number of hydrogen-bond donors (Lipinski definition) is 0. The molecule has 3 nitrogen and oxygen atoms in total. The van der Waals surface area contributed by atoms with Crippen molar-refractivity contribution >= 4 is 17.5 Å². The summed E-state index contributed by atoms with van der Waals surface area (Å²) in [6, 6.07) is 7.18. The van der Waals surface area contributed by atoms with Gasteiger partial charge in [-0.25, -0.2) is 0 Å². The summed E-state index contributed by atoms with van der Waals surface area (Å²) in [5.74, 6) is 0.530. The molecule has 2 rings (SSSR count). The van der Waals surface area contributed by atoms with E-state index in [1.807, 2.05) is 19.2 Å². The Morgan fingerprint density at radius 2 is 2.06 bits per heavy atom. The summed E-state index contributed by atoms with van der Waals surface area (Å²) in [6.07, 6.45) is 2.06. The van der Waals surface area contributed by atoms with Gasteiger partial charge in [-0.3, -0.25) is 4.79 Å². The Labute approximate surface area is 113 Å². The molecule has 0 aromatic heterocycles. The van der Waals surface area contributed by atoms with E-state index < -0.39 is 0 Å². The highest BCUT2D eigenvalue weighted by molar-refractivity contribution is 6.33. The van der Waals surface area contributed by atoms with Gasteiger partial charge in [0.05, 0.1) is 10.6 Å². The second-order valence-corrected chi connectivity index (χ2v) is 5.13. The normalized spacial score (nSPS) is 16.6. The Balaban J connectivity index is 1.98. The fourth-order valence-electron chi connectivity index (χ4n) is 2.24. The van der Waals surface area contributed by atoms with Crippen LogP contribution in [-0.2, 0) is 4.74 Å². The fourth-order valence-corrected chi connectivity index (χ4v) is 2.46. The molecular formula is C14H18ClNO2. The first-order valence-electron chi connectivity index (χ1n) is 6.26. The van der Waals surface area contributed by atoms with Gasteiger partial charge in [0.25, 0.3) is 5.91 Å². The molecule has 1 saturated heterocycles. The Morgan fingerprint density at radius 3 is 2.72 bits per heavy atom. The van der Waals surface area contributed by atoms with E-state index in [0.29, 0.717) is 16.5 Å². The van der Waals surface area contributed by atoms with Crippen molar-refractivity contribution in [3.05, 3.63) is 34.9 Å². The molecule has 0 bridgehead atoms. The van der Waals surface area contributed by atoms with E-state index in [1.54, 1.807) is 17.0 Å². The average molecular weight is 268 g/mol. The first kappa shape index (κ1) is 13.4. The molecule has 1 aromatic carbocycles. The zero-order valence-corrected chi connectivity index (χ0v) is 11.3. The highest BCUT2D eigenvalue weighted by Crippen LogP contribution is 2.19. The molecule has 1 amide bonds. The summed E-state index contributed by atoms with van der Waals surface area (Å²) in [4.78, 5) is 14.0. The molecule has 0 aliphatic carbocycles. The Kier molecular flexibility index (Phi) is 4.61. The monoisotopic (exact) mass is 267 g/mol. The number of nitrogens with zero attached hydrogens (tertiary/aromatic N) is 1. The van der Waals surface area contributed by atoms with Crippen LogP contribution in [0.2, 0.25) is 5.02 Å². The summed E-state index contributed by atoms with van der Waals surface area (Å²) >= 11 is 6.04. The summed E-state index contributed by atoms with van der Waals surface area (Å²) in [7, 11) is 1.83. The number of carbonyl (C=O) groups is 1. The van der Waals surface area contributed by atoms with E-state index in [0.717, 1.165) is 32.6 Å². The predicted molar refractivity (Wildman–Crippen MR) is 72.0 cm³/mol. The third-order valence-electron chi connectivity index (χ3n) is 3.32. The standard InChI is InChI=1S/C14H18ClNO2/c1-16(10-11-6-8-18-9-7-11)14(17)12-4-2-3-5-13(12)15/h2-5,11H,6-10H2,1H3. The highest BCUT2D eigenvalue weighted by Gasteiger charge is 2.20. The summed E-state index contributed by atoms with van der Waals surface area (Å²) < 4.78 is 5.32. The van der Waals surface area contributed by atoms with E-state index in [2.05, 4.69) is 0 Å². The Morgan fingerprint density at radius 1 is 1.39 bits per heavy atom. The smallest absolute Gasteiger partial charge is 0.255 e. The second-order valence-electron chi connectivity index (χ2n) is 4.72. The van der Waals surface area contributed by atoms with Crippen LogP contribution in [0.15, 0.2) is 24.3 Å². The van der Waals surface area contributed by atoms with E-state index >= 15 is 0 Å². The third-order valence-corrected chi connectivity index (χ3v) is 3.65. The van der Waals surface area contributed by atoms with Gasteiger partial charge in [0.15, 0.2) is 0 Å². The van der Waals surface area contributed by atoms with Crippen molar-refractivity contribution in [2.45, 2.75) is 12.8 Å². The number of carbonyl (C=O) groups excluding carboxylic acids is 1. The first-order chi connectivity index (χ1) is 8.68. The Bertz CT molecular complexity index is 416. The minimum absolute atomic E-state index is 0.00732. The van der Waals surface area contributed by atoms with E-state index in [-0.39, 0.29) is 5.91 Å². The van der Waals surface area contributed by atoms with Crippen LogP contribution in [0.4, 0.5) is 0 Å². The van der Waals surface area contributed by atoms with Crippen LogP contribution in [0.1, 0.15) is 23.2 Å². The van der Waals surface area contributed by atoms with Gasteiger partial charge in [0.1, 0.15) is 0 Å². The maximum Gasteiger partial charge on any atom is 0.255 e. The predicted octanol–water partition coefficient (Wildman–Crippen LogP) is 2.84. The minimum Gasteiger partial charge on any atom is -0.381 e. The molecular weight excluding hydrogens is 250 g/mol. The van der Waals surface area contributed by atoms with E-state index in [9.17, 15) is 4.79 Å². The molecule has 18 heavy (non-hydrogen) atoms. The number of halogens is 1. The molecule has 0 saturated carbocycles. The zero-order valence-electron chi connectivity index (χ0n) is 10.6. The molecule has 0 atom stereocenters. The molecule has 1 aliphatic heterocycles. The van der Waals surface area contributed by atoms with Gasteiger partial charge >= 0.3 is 0 Å². The number of ether oxygens (including phenoxy) is 1. The molecule has 1 aliphatic rings. The molecule has 0 spiro atoms. The molecule has 1 aromatic rings. The molecule has 4 heteroatoms. The maximum atomic E-state index is 12.2. The lowest BCUT2D eigenvalue weighted by Gasteiger charge is -2.27. The highest BCUT2D eigenvalue weighted by atomic mass is 35.5. The topological polar surface area (TPSA) is 29.5 Å². The SMILES string of the molecule is CN(CC1CCOCC1)C(=O)c1ccccc1Cl. The van der Waals surface area contributed by atoms with Crippen LogP contribution in [0.3, 0.4) is 0 Å². The number of benzene rings is 1. The van der Waals surface area contributed by atoms with Gasteiger partial charge in [-0.1, -0.05) is 23.7 Å². The molecule has 1 fully saturated rings. The molecule has 0 radical (unpaired) electrons. The summed E-state index contributed by atoms with van der Waals surface area (Å²) in [6.45, 7) is 2.38. The van der Waals surface area contributed by atoms with E-state index in [4.69, 9.17) is 16.3 Å². The van der Waals surface area contributed by atoms with Crippen molar-refractivity contribution in [2.75, 3.05) is 26.8 Å². The van der Waals surface area contributed by atoms with Crippen LogP contribution in [0.5, 0.6) is 0 Å². The summed E-state index contributed by atoms with van der Waals surface area (Å²) in [5, 5.41) is 0.515. The maximum absolute atomic E-state index is 12.2. The van der Waals surface area contributed by atoms with Gasteiger partial charge in [0.2, 0.25) is 0 Å². The van der Waals surface area contributed by atoms with Gasteiger partial charge in [-0.05, 0) is 30.9 Å². The van der Waals surface area contributed by atoms with Crippen LogP contribution >= 0.6 is 11.6 Å². The van der Waals surface area contributed by atoms with E-state index in [1.165, 1.54) is 0 Å². The lowest BCUT2D eigenvalue weighted by Crippen LogP contribution is -2.34. The van der Waals surface area contributed by atoms with Crippen molar-refractivity contribution in [3.63, 3.8) is 0 Å². The molecule has 0 N–H and O–H groups in total. The van der Waals surface area contributed by atoms with Gasteiger partial charge in [-0.15, -0.1) is 0 Å². The molecule has 1 heterocycles. The van der Waals surface area contributed by atoms with Crippen molar-refractivity contribution in [2.24, 2.45) is 5.92 Å². The number of amides is 1. The quantitative estimate of drug-likeness (QED) is 0.843. The van der Waals surface area contributed by atoms with Crippen molar-refractivity contribution < 1.29 is 9.53 Å². The minimum atomic E-state index is -0.00732. The lowest BCUT2D eigenvalue weighted by atomic mass is 9.99. The lowest BCUT2D eigenvalue weighted by molar-refractivity contribution is 0.0497. The van der Waals surface area contributed by atoms with Crippen LogP contribution in [0.25, 0.3) is 0 Å². The fraction of sp³-hybridized carbons (Fsp3) is 0.500. The van der Waals surface area contributed by atoms with Crippen LogP contribution in [-0.4, -0.2) is 37.6 Å². The zero-order chi connectivity index (χ0) is 13.0. The number of rotatable bonds is 3. The second kappa shape index (κ2) is 6.21. The first-order valence-corrected chi connectivity index (χ1v) is 6.64. The largest absolute Gasteiger partial charge is 0.381 e.